The topological polar surface area (TPSA) is 103 Å². The van der Waals surface area contributed by atoms with Gasteiger partial charge in [0, 0.05) is 0 Å². The Morgan fingerprint density at radius 3 is 1.25 bits per heavy atom. The van der Waals surface area contributed by atoms with Crippen molar-refractivity contribution in [2.75, 3.05) is 7.11 Å². The van der Waals surface area contributed by atoms with Crippen molar-refractivity contribution in [2.45, 2.75) is 102 Å². The first-order chi connectivity index (χ1) is 27.9. The highest BCUT2D eigenvalue weighted by Crippen LogP contribution is 2.36. The molecule has 1 N–H and O–H groups in total. The van der Waals surface area contributed by atoms with Crippen molar-refractivity contribution < 1.29 is 47.7 Å². The van der Waals surface area contributed by atoms with Crippen LogP contribution in [0, 0.1) is 0 Å². The van der Waals surface area contributed by atoms with Crippen molar-refractivity contribution in [3.8, 4) is 11.5 Å². The second kappa shape index (κ2) is 20.2. The molecule has 5 aromatic rings. The number of aliphatic hydroxyl groups excluding tert-OH is 1. The van der Waals surface area contributed by atoms with Gasteiger partial charge in [-0.15, -0.1) is 0 Å². The third-order valence-electron chi connectivity index (χ3n) is 10.2. The number of aliphatic hydroxyl groups is 1. The summed E-state index contributed by atoms with van der Waals surface area (Å²) in [5.41, 5.74) is 3.92. The van der Waals surface area contributed by atoms with Crippen LogP contribution in [-0.4, -0.2) is 73.6 Å². The average molecular weight is 777 g/mol. The number of hydrogen-bond donors (Lipinski definition) is 1. The first-order valence-electron chi connectivity index (χ1n) is 19.5. The van der Waals surface area contributed by atoms with Crippen LogP contribution in [-0.2, 0) is 59.6 Å². The van der Waals surface area contributed by atoms with E-state index in [4.69, 9.17) is 42.6 Å². The Hall–Kier alpha value is -4.62. The average Bonchev–Trinajstić information content (AvgIpc) is 3.25. The zero-order valence-corrected chi connectivity index (χ0v) is 32.6. The van der Waals surface area contributed by atoms with E-state index < -0.39 is 61.4 Å². The van der Waals surface area contributed by atoms with E-state index in [1.54, 1.807) is 19.2 Å². The van der Waals surface area contributed by atoms with Crippen LogP contribution in [0.5, 0.6) is 11.5 Å². The second-order valence-corrected chi connectivity index (χ2v) is 14.3. The monoisotopic (exact) mass is 776 g/mol. The van der Waals surface area contributed by atoms with Gasteiger partial charge in [0.05, 0.1) is 45.7 Å². The lowest BCUT2D eigenvalue weighted by atomic mass is 9.96. The van der Waals surface area contributed by atoms with Crippen LogP contribution >= 0.6 is 0 Å². The molecule has 5 aromatic carbocycles. The van der Waals surface area contributed by atoms with Crippen molar-refractivity contribution in [3.05, 3.63) is 168 Å². The minimum Gasteiger partial charge on any atom is -0.497 e. The van der Waals surface area contributed by atoms with Crippen LogP contribution in [0.1, 0.15) is 36.1 Å². The highest BCUT2D eigenvalue weighted by atomic mass is 16.8. The Morgan fingerprint density at radius 2 is 0.807 bits per heavy atom. The Bertz CT molecular complexity index is 1880. The normalized spacial score (nSPS) is 27.4. The van der Waals surface area contributed by atoms with Crippen LogP contribution < -0.4 is 9.47 Å². The van der Waals surface area contributed by atoms with Crippen molar-refractivity contribution in [1.29, 1.82) is 0 Å². The summed E-state index contributed by atoms with van der Waals surface area (Å²) in [4.78, 5) is 0. The van der Waals surface area contributed by atoms with Gasteiger partial charge in [0.2, 0.25) is 6.29 Å². The molecule has 2 heterocycles. The van der Waals surface area contributed by atoms with E-state index in [-0.39, 0.29) is 13.2 Å². The lowest BCUT2D eigenvalue weighted by molar-refractivity contribution is -0.364. The zero-order valence-electron chi connectivity index (χ0n) is 32.6. The molecule has 300 valence electrons. The summed E-state index contributed by atoms with van der Waals surface area (Å²) in [6.45, 7) is 4.98. The fourth-order valence-electron chi connectivity index (χ4n) is 7.16. The van der Waals surface area contributed by atoms with E-state index in [2.05, 4.69) is 0 Å². The summed E-state index contributed by atoms with van der Waals surface area (Å²) in [7, 11) is 1.61. The van der Waals surface area contributed by atoms with Crippen LogP contribution in [0.3, 0.4) is 0 Å². The van der Waals surface area contributed by atoms with Crippen LogP contribution in [0.4, 0.5) is 0 Å². The number of hydrogen-bond acceptors (Lipinski definition) is 10. The van der Waals surface area contributed by atoms with E-state index in [0.717, 1.165) is 22.3 Å². The summed E-state index contributed by atoms with van der Waals surface area (Å²) in [6.07, 6.45) is -8.19. The van der Waals surface area contributed by atoms with Crippen LogP contribution in [0.25, 0.3) is 0 Å². The molecule has 0 unspecified atom stereocenters. The first kappa shape index (κ1) is 40.6. The number of methoxy groups -OCH3 is 1. The molecule has 2 fully saturated rings. The highest BCUT2D eigenvalue weighted by molar-refractivity contribution is 5.31. The third-order valence-corrected chi connectivity index (χ3v) is 10.2. The van der Waals surface area contributed by atoms with Gasteiger partial charge in [-0.1, -0.05) is 121 Å². The van der Waals surface area contributed by atoms with Gasteiger partial charge < -0.3 is 47.7 Å². The quantitative estimate of drug-likeness (QED) is 0.101. The molecule has 0 radical (unpaired) electrons. The minimum absolute atomic E-state index is 0.249. The molecule has 0 aliphatic carbocycles. The maximum absolute atomic E-state index is 12.2. The lowest BCUT2D eigenvalue weighted by Crippen LogP contribution is -2.65. The SMILES string of the molecule is COc1ccc(O[C@@H]2O[C@@H](C)[C@H](OCc3ccccc3)[C@@H](OCc3ccccc3)[C@H]2O[C@@H]2O[C@@H](C)[C@H](OCc3ccccc3)[C@@H](OCc3ccccc3)[C@H]2O)cc1. The predicted octanol–water partition coefficient (Wildman–Crippen LogP) is 7.65. The van der Waals surface area contributed by atoms with Gasteiger partial charge in [0.1, 0.15) is 42.0 Å². The summed E-state index contributed by atoms with van der Waals surface area (Å²) < 4.78 is 58.3. The maximum atomic E-state index is 12.2. The van der Waals surface area contributed by atoms with Gasteiger partial charge in [-0.05, 0) is 60.4 Å². The smallest absolute Gasteiger partial charge is 0.229 e. The van der Waals surface area contributed by atoms with Gasteiger partial charge >= 0.3 is 0 Å². The summed E-state index contributed by atoms with van der Waals surface area (Å²) >= 11 is 0. The molecule has 57 heavy (non-hydrogen) atoms. The van der Waals surface area contributed by atoms with Gasteiger partial charge in [0.15, 0.2) is 12.4 Å². The molecule has 2 aliphatic rings. The molecule has 2 saturated heterocycles. The Kier molecular flexibility index (Phi) is 14.4. The number of benzene rings is 5. The third kappa shape index (κ3) is 10.9. The highest BCUT2D eigenvalue weighted by Gasteiger charge is 2.53. The summed E-state index contributed by atoms with van der Waals surface area (Å²) in [5.74, 6) is 1.22. The van der Waals surface area contributed by atoms with E-state index in [9.17, 15) is 5.11 Å². The van der Waals surface area contributed by atoms with Gasteiger partial charge in [0.25, 0.3) is 0 Å². The molecule has 0 aromatic heterocycles. The molecule has 0 amide bonds. The molecule has 7 rings (SSSR count). The molecule has 10 atom stereocenters. The predicted molar refractivity (Wildman–Crippen MR) is 213 cm³/mol. The fraction of sp³-hybridized carbons (Fsp3) is 0.362. The second-order valence-electron chi connectivity index (χ2n) is 14.3. The standard InChI is InChI=1S/C47H52O10/c1-32-41(50-28-34-16-8-4-9-17-34)43(52-30-36-20-12-6-13-21-36)40(48)46(54-32)57-45-44(53-31-37-22-14-7-15-23-37)42(51-29-35-18-10-5-11-19-35)33(2)55-47(45)56-39-26-24-38(49-3)25-27-39/h4-27,32-33,40-48H,28-31H2,1-3H3/t32-,33-,40+,41-,42-,43-,44+,45+,46-,47-/m0/s1. The van der Waals surface area contributed by atoms with E-state index in [1.165, 1.54) is 0 Å². The van der Waals surface area contributed by atoms with Crippen molar-refractivity contribution in [1.82, 2.24) is 0 Å². The molecular weight excluding hydrogens is 725 g/mol. The molecule has 0 saturated carbocycles. The molecule has 2 aliphatic heterocycles. The van der Waals surface area contributed by atoms with Crippen molar-refractivity contribution in [2.24, 2.45) is 0 Å². The maximum Gasteiger partial charge on any atom is 0.229 e. The minimum atomic E-state index is -1.27. The van der Waals surface area contributed by atoms with Crippen LogP contribution in [0.2, 0.25) is 0 Å². The lowest BCUT2D eigenvalue weighted by Gasteiger charge is -2.48. The van der Waals surface area contributed by atoms with Gasteiger partial charge in [-0.3, -0.25) is 0 Å². The Morgan fingerprint density at radius 1 is 0.439 bits per heavy atom. The molecule has 10 nitrogen and oxygen atoms in total. The van der Waals surface area contributed by atoms with E-state index >= 15 is 0 Å². The zero-order chi connectivity index (χ0) is 39.4. The molecule has 0 spiro atoms. The molecular formula is C47H52O10. The van der Waals surface area contributed by atoms with Crippen molar-refractivity contribution >= 4 is 0 Å². The summed E-state index contributed by atoms with van der Waals surface area (Å²) in [5, 5.41) is 12.2. The Labute approximate surface area is 335 Å². The van der Waals surface area contributed by atoms with E-state index in [1.807, 2.05) is 147 Å². The largest absolute Gasteiger partial charge is 0.497 e. The molecule has 10 heteroatoms. The summed E-state index contributed by atoms with van der Waals surface area (Å²) in [6, 6.07) is 46.8. The van der Waals surface area contributed by atoms with E-state index in [0.29, 0.717) is 24.7 Å². The van der Waals surface area contributed by atoms with Crippen molar-refractivity contribution in [3.63, 3.8) is 0 Å². The number of ether oxygens (including phenoxy) is 9. The number of rotatable bonds is 17. The Balaban J connectivity index is 1.19. The first-order valence-corrected chi connectivity index (χ1v) is 19.5. The molecule has 0 bridgehead atoms. The van der Waals surface area contributed by atoms with Gasteiger partial charge in [-0.25, -0.2) is 0 Å². The fourth-order valence-corrected chi connectivity index (χ4v) is 7.16. The van der Waals surface area contributed by atoms with Gasteiger partial charge in [-0.2, -0.15) is 0 Å². The van der Waals surface area contributed by atoms with Crippen LogP contribution in [0.15, 0.2) is 146 Å².